The molecule has 0 aromatic carbocycles. The van der Waals surface area contributed by atoms with Gasteiger partial charge in [-0.15, -0.1) is 11.6 Å². The van der Waals surface area contributed by atoms with Crippen LogP contribution < -0.4 is 5.32 Å². The van der Waals surface area contributed by atoms with Crippen molar-refractivity contribution in [2.45, 2.75) is 25.3 Å². The molecule has 0 radical (unpaired) electrons. The van der Waals surface area contributed by atoms with Crippen molar-refractivity contribution in [3.05, 3.63) is 0 Å². The standard InChI is InChI=1S/C9H16ClNO3S/c1-6(10)4-15-5-8(9(13)14-3)11-7(2)12/h6,8H,4-5H2,1-3H3,(H,11,12). The van der Waals surface area contributed by atoms with Gasteiger partial charge in [0.1, 0.15) is 6.04 Å². The summed E-state index contributed by atoms with van der Waals surface area (Å²) in [5.41, 5.74) is 0. The van der Waals surface area contributed by atoms with E-state index in [4.69, 9.17) is 11.6 Å². The van der Waals surface area contributed by atoms with Gasteiger partial charge in [0, 0.05) is 23.8 Å². The molecule has 6 heteroatoms. The molecule has 0 aromatic heterocycles. The molecule has 0 bridgehead atoms. The minimum absolute atomic E-state index is 0.0469. The molecule has 0 heterocycles. The molecule has 4 nitrogen and oxygen atoms in total. The zero-order valence-electron chi connectivity index (χ0n) is 9.08. The van der Waals surface area contributed by atoms with Crippen LogP contribution in [-0.4, -0.2) is 41.9 Å². The van der Waals surface area contributed by atoms with Crippen molar-refractivity contribution in [1.29, 1.82) is 0 Å². The van der Waals surface area contributed by atoms with E-state index in [0.29, 0.717) is 5.75 Å². The maximum absolute atomic E-state index is 11.2. The van der Waals surface area contributed by atoms with Crippen molar-refractivity contribution < 1.29 is 14.3 Å². The topological polar surface area (TPSA) is 55.4 Å². The fourth-order valence-corrected chi connectivity index (χ4v) is 2.09. The predicted octanol–water partition coefficient (Wildman–Crippen LogP) is 1.02. The van der Waals surface area contributed by atoms with E-state index < -0.39 is 12.0 Å². The van der Waals surface area contributed by atoms with Gasteiger partial charge in [-0.3, -0.25) is 4.79 Å². The highest BCUT2D eigenvalue weighted by Crippen LogP contribution is 2.09. The third kappa shape index (κ3) is 7.50. The van der Waals surface area contributed by atoms with Crippen molar-refractivity contribution >= 4 is 35.2 Å². The van der Waals surface area contributed by atoms with Crippen LogP contribution >= 0.6 is 23.4 Å². The summed E-state index contributed by atoms with van der Waals surface area (Å²) >= 11 is 7.26. The van der Waals surface area contributed by atoms with E-state index in [0.717, 1.165) is 5.75 Å². The number of hydrogen-bond donors (Lipinski definition) is 1. The average Bonchev–Trinajstić information content (AvgIpc) is 2.14. The molecule has 1 N–H and O–H groups in total. The summed E-state index contributed by atoms with van der Waals surface area (Å²) in [4.78, 5) is 22.1. The number of ether oxygens (including phenoxy) is 1. The lowest BCUT2D eigenvalue weighted by Crippen LogP contribution is -2.42. The van der Waals surface area contributed by atoms with E-state index in [1.807, 2.05) is 6.92 Å². The molecule has 2 atom stereocenters. The van der Waals surface area contributed by atoms with Crippen LogP contribution in [0, 0.1) is 0 Å². The summed E-state index contributed by atoms with van der Waals surface area (Å²) in [6.07, 6.45) is 0. The van der Waals surface area contributed by atoms with E-state index in [-0.39, 0.29) is 11.3 Å². The van der Waals surface area contributed by atoms with Crippen molar-refractivity contribution in [3.8, 4) is 0 Å². The Morgan fingerprint density at radius 1 is 1.47 bits per heavy atom. The van der Waals surface area contributed by atoms with Gasteiger partial charge in [-0.05, 0) is 6.92 Å². The molecule has 0 saturated carbocycles. The molecule has 0 fully saturated rings. The summed E-state index contributed by atoms with van der Waals surface area (Å²) in [6, 6.07) is -0.590. The molecule has 0 rings (SSSR count). The van der Waals surface area contributed by atoms with Gasteiger partial charge >= 0.3 is 5.97 Å². The Kier molecular flexibility index (Phi) is 7.60. The number of nitrogens with one attached hydrogen (secondary N) is 1. The number of esters is 1. The average molecular weight is 254 g/mol. The van der Waals surface area contributed by atoms with Crippen molar-refractivity contribution in [2.24, 2.45) is 0 Å². The molecule has 1 amide bonds. The van der Waals surface area contributed by atoms with Crippen LogP contribution in [0.1, 0.15) is 13.8 Å². The molecule has 0 aliphatic heterocycles. The Balaban J connectivity index is 4.01. The third-order valence-electron chi connectivity index (χ3n) is 1.50. The lowest BCUT2D eigenvalue weighted by atomic mass is 10.3. The van der Waals surface area contributed by atoms with E-state index in [2.05, 4.69) is 10.1 Å². The number of rotatable bonds is 6. The van der Waals surface area contributed by atoms with Gasteiger partial charge in [0.25, 0.3) is 0 Å². The molecule has 0 spiro atoms. The van der Waals surface area contributed by atoms with Gasteiger partial charge < -0.3 is 10.1 Å². The lowest BCUT2D eigenvalue weighted by molar-refractivity contribution is -0.144. The van der Waals surface area contributed by atoms with E-state index in [9.17, 15) is 9.59 Å². The van der Waals surface area contributed by atoms with Crippen LogP contribution in [0.4, 0.5) is 0 Å². The first kappa shape index (κ1) is 14.6. The highest BCUT2D eigenvalue weighted by Gasteiger charge is 2.19. The van der Waals surface area contributed by atoms with Gasteiger partial charge in [0.2, 0.25) is 5.91 Å². The summed E-state index contributed by atoms with van der Waals surface area (Å²) < 4.78 is 4.57. The first-order valence-corrected chi connectivity index (χ1v) is 6.13. The first-order chi connectivity index (χ1) is 6.97. The summed E-state index contributed by atoms with van der Waals surface area (Å²) in [5, 5.41) is 2.57. The van der Waals surface area contributed by atoms with Crippen LogP contribution in [0.5, 0.6) is 0 Å². The predicted molar refractivity (Wildman–Crippen MR) is 62.3 cm³/mol. The largest absolute Gasteiger partial charge is 0.467 e. The second-order valence-electron chi connectivity index (χ2n) is 3.09. The smallest absolute Gasteiger partial charge is 0.329 e. The van der Waals surface area contributed by atoms with Crippen molar-refractivity contribution in [3.63, 3.8) is 0 Å². The second-order valence-corrected chi connectivity index (χ2v) is 4.91. The molecular weight excluding hydrogens is 238 g/mol. The Labute approximate surface area is 99.1 Å². The maximum atomic E-state index is 11.2. The van der Waals surface area contributed by atoms with Crippen molar-refractivity contribution in [2.75, 3.05) is 18.6 Å². The number of amides is 1. The number of thioether (sulfide) groups is 1. The number of methoxy groups -OCH3 is 1. The van der Waals surface area contributed by atoms with Crippen LogP contribution in [0.25, 0.3) is 0 Å². The van der Waals surface area contributed by atoms with Gasteiger partial charge in [-0.25, -0.2) is 4.79 Å². The molecule has 0 aliphatic rings. The molecular formula is C9H16ClNO3S. The number of carbonyl (C=O) groups is 2. The maximum Gasteiger partial charge on any atom is 0.329 e. The number of hydrogen-bond acceptors (Lipinski definition) is 4. The normalized spacial score (nSPS) is 14.1. The Morgan fingerprint density at radius 3 is 2.47 bits per heavy atom. The van der Waals surface area contributed by atoms with E-state index >= 15 is 0 Å². The van der Waals surface area contributed by atoms with Crippen LogP contribution in [0.2, 0.25) is 0 Å². The van der Waals surface area contributed by atoms with Crippen LogP contribution in [0.3, 0.4) is 0 Å². The van der Waals surface area contributed by atoms with E-state index in [1.165, 1.54) is 25.8 Å². The Hall–Kier alpha value is -0.420. The zero-order valence-corrected chi connectivity index (χ0v) is 10.7. The lowest BCUT2D eigenvalue weighted by Gasteiger charge is -2.15. The first-order valence-electron chi connectivity index (χ1n) is 4.54. The highest BCUT2D eigenvalue weighted by molar-refractivity contribution is 7.99. The summed E-state index contributed by atoms with van der Waals surface area (Å²) in [7, 11) is 1.30. The number of alkyl halides is 1. The quantitative estimate of drug-likeness (QED) is 0.567. The van der Waals surface area contributed by atoms with Gasteiger partial charge in [-0.1, -0.05) is 0 Å². The highest BCUT2D eigenvalue weighted by atomic mass is 35.5. The number of carbonyl (C=O) groups excluding carboxylic acids is 2. The molecule has 0 saturated heterocycles. The third-order valence-corrected chi connectivity index (χ3v) is 3.14. The monoisotopic (exact) mass is 253 g/mol. The molecule has 0 aromatic rings. The molecule has 88 valence electrons. The fraction of sp³-hybridized carbons (Fsp3) is 0.778. The van der Waals surface area contributed by atoms with E-state index in [1.54, 1.807) is 0 Å². The molecule has 15 heavy (non-hydrogen) atoms. The van der Waals surface area contributed by atoms with Gasteiger partial charge in [0.05, 0.1) is 7.11 Å². The molecule has 2 unspecified atom stereocenters. The summed E-state index contributed by atoms with van der Waals surface area (Å²) in [5.74, 6) is 0.530. The van der Waals surface area contributed by atoms with Crippen molar-refractivity contribution in [1.82, 2.24) is 5.32 Å². The summed E-state index contributed by atoms with van der Waals surface area (Å²) in [6.45, 7) is 3.24. The van der Waals surface area contributed by atoms with Gasteiger partial charge in [0.15, 0.2) is 0 Å². The zero-order chi connectivity index (χ0) is 11.8. The molecule has 0 aliphatic carbocycles. The minimum Gasteiger partial charge on any atom is -0.467 e. The van der Waals surface area contributed by atoms with Gasteiger partial charge in [-0.2, -0.15) is 11.8 Å². The number of halogens is 1. The second kappa shape index (κ2) is 7.82. The SMILES string of the molecule is COC(=O)C(CSCC(C)Cl)NC(C)=O. The Bertz CT molecular complexity index is 223. The Morgan fingerprint density at radius 2 is 2.07 bits per heavy atom. The van der Waals surface area contributed by atoms with Crippen LogP contribution in [-0.2, 0) is 14.3 Å². The minimum atomic E-state index is -0.590. The van der Waals surface area contributed by atoms with Crippen LogP contribution in [0.15, 0.2) is 0 Å². The fourth-order valence-electron chi connectivity index (χ4n) is 0.905.